The number of halogens is 3. The van der Waals surface area contributed by atoms with E-state index >= 15 is 0 Å². The minimum atomic E-state index is -4.36. The summed E-state index contributed by atoms with van der Waals surface area (Å²) in [6, 6.07) is 9.47. The van der Waals surface area contributed by atoms with Crippen LogP contribution in [0.5, 0.6) is 0 Å². The molecule has 1 aromatic carbocycles. The van der Waals surface area contributed by atoms with Gasteiger partial charge < -0.3 is 9.47 Å². The molecule has 1 saturated heterocycles. The van der Waals surface area contributed by atoms with Crippen molar-refractivity contribution in [3.63, 3.8) is 0 Å². The van der Waals surface area contributed by atoms with Crippen LogP contribution in [-0.2, 0) is 19.8 Å². The second-order valence-electron chi connectivity index (χ2n) is 9.66. The number of rotatable bonds is 7. The van der Waals surface area contributed by atoms with E-state index in [2.05, 4.69) is 41.7 Å². The number of fused-ring (bicyclic) bond motifs is 1. The van der Waals surface area contributed by atoms with E-state index < -0.39 is 11.7 Å². The maximum absolute atomic E-state index is 13.1. The van der Waals surface area contributed by atoms with E-state index in [9.17, 15) is 18.0 Å². The van der Waals surface area contributed by atoms with Crippen LogP contribution >= 0.6 is 0 Å². The number of aromatic nitrogens is 3. The first kappa shape index (κ1) is 26.7. The van der Waals surface area contributed by atoms with E-state index in [0.717, 1.165) is 30.5 Å². The Morgan fingerprint density at radius 2 is 1.78 bits per heavy atom. The van der Waals surface area contributed by atoms with Gasteiger partial charge in [0, 0.05) is 44.3 Å². The highest BCUT2D eigenvalue weighted by Crippen LogP contribution is 2.37. The fourth-order valence-corrected chi connectivity index (χ4v) is 5.53. The van der Waals surface area contributed by atoms with Crippen LogP contribution in [0.4, 0.5) is 18.9 Å². The Kier molecular flexibility index (Phi) is 7.64. The molecule has 1 fully saturated rings. The zero-order valence-corrected chi connectivity index (χ0v) is 21.7. The number of aryl methyl sites for hydroxylation is 1. The lowest BCUT2D eigenvalue weighted by atomic mass is 9.94. The van der Waals surface area contributed by atoms with Gasteiger partial charge in [0.2, 0.25) is 0 Å². The summed E-state index contributed by atoms with van der Waals surface area (Å²) in [5, 5.41) is 13.8. The number of hydrogen-bond donors (Lipinski definition) is 0. The highest BCUT2D eigenvalue weighted by atomic mass is 19.4. The molecule has 7 nitrogen and oxygen atoms in total. The van der Waals surface area contributed by atoms with Gasteiger partial charge in [-0.3, -0.25) is 14.4 Å². The molecule has 2 aromatic heterocycles. The van der Waals surface area contributed by atoms with Crippen LogP contribution in [0, 0.1) is 11.3 Å². The summed E-state index contributed by atoms with van der Waals surface area (Å²) in [5.74, 6) is 0. The van der Waals surface area contributed by atoms with Crippen LogP contribution in [0.2, 0.25) is 0 Å². The van der Waals surface area contributed by atoms with Gasteiger partial charge in [-0.2, -0.15) is 23.5 Å². The quantitative estimate of drug-likeness (QED) is 0.438. The van der Waals surface area contributed by atoms with Gasteiger partial charge in [-0.1, -0.05) is 32.9 Å². The molecule has 0 saturated carbocycles. The second-order valence-corrected chi connectivity index (χ2v) is 9.66. The molecule has 1 unspecified atom stereocenters. The topological polar surface area (TPSA) is 70.1 Å². The SMILES string of the molecule is CCC(c1ccc(C(F)(F)F)cc1)N1C[C@H](CC)N(c2cc(=O)n(C)c3cn(CC#N)nc23)C[C@H]1CC. The molecule has 3 heterocycles. The molecular weight excluding hydrogens is 481 g/mol. The van der Waals surface area contributed by atoms with Crippen molar-refractivity contribution in [2.45, 2.75) is 70.9 Å². The fourth-order valence-electron chi connectivity index (χ4n) is 5.53. The van der Waals surface area contributed by atoms with E-state index in [1.165, 1.54) is 12.1 Å². The molecule has 1 aliphatic heterocycles. The molecule has 1 aliphatic rings. The Hall–Kier alpha value is -3.32. The van der Waals surface area contributed by atoms with Crippen molar-refractivity contribution in [1.29, 1.82) is 5.26 Å². The van der Waals surface area contributed by atoms with Gasteiger partial charge in [0.1, 0.15) is 12.1 Å². The number of pyridine rings is 1. The number of piperazine rings is 1. The zero-order valence-electron chi connectivity index (χ0n) is 21.7. The van der Waals surface area contributed by atoms with Crippen molar-refractivity contribution in [2.24, 2.45) is 7.05 Å². The van der Waals surface area contributed by atoms with Crippen LogP contribution in [0.3, 0.4) is 0 Å². The molecule has 0 aliphatic carbocycles. The highest BCUT2D eigenvalue weighted by Gasteiger charge is 2.37. The first-order valence-corrected chi connectivity index (χ1v) is 12.8. The van der Waals surface area contributed by atoms with Crippen LogP contribution in [0.1, 0.15) is 57.2 Å². The van der Waals surface area contributed by atoms with Gasteiger partial charge in [0.25, 0.3) is 5.56 Å². The van der Waals surface area contributed by atoms with E-state index in [-0.39, 0.29) is 30.2 Å². The lowest BCUT2D eigenvalue weighted by Gasteiger charge is -2.50. The standard InChI is InChI=1S/C27H33F3N6O/c1-5-20-16-36(23-14-25(37)33(4)24-17-34(13-12-31)32-26(23)24)21(6-2)15-35(20)22(7-3)18-8-10-19(11-9-18)27(28,29)30/h8-11,14,17,20-22H,5-7,13,15-16H2,1-4H3/t20-,21+,22?/m1/s1. The molecule has 4 rings (SSSR count). The van der Waals surface area contributed by atoms with Gasteiger partial charge >= 0.3 is 6.18 Å². The predicted molar refractivity (Wildman–Crippen MR) is 137 cm³/mol. The maximum atomic E-state index is 13.1. The van der Waals surface area contributed by atoms with Gasteiger partial charge in [-0.15, -0.1) is 0 Å². The van der Waals surface area contributed by atoms with E-state index in [0.29, 0.717) is 24.1 Å². The minimum Gasteiger partial charge on any atom is -0.364 e. The van der Waals surface area contributed by atoms with Crippen LogP contribution in [0.25, 0.3) is 11.0 Å². The van der Waals surface area contributed by atoms with Gasteiger partial charge in [0.15, 0.2) is 0 Å². The number of nitrogens with zero attached hydrogens (tertiary/aromatic N) is 6. The van der Waals surface area contributed by atoms with E-state index in [1.807, 2.05) is 0 Å². The Morgan fingerprint density at radius 3 is 2.35 bits per heavy atom. The summed E-state index contributed by atoms with van der Waals surface area (Å²) in [7, 11) is 1.70. The van der Waals surface area contributed by atoms with Crippen LogP contribution in [0.15, 0.2) is 41.3 Å². The van der Waals surface area contributed by atoms with Crippen molar-refractivity contribution >= 4 is 16.7 Å². The summed E-state index contributed by atoms with van der Waals surface area (Å²) in [4.78, 5) is 17.5. The number of benzene rings is 1. The predicted octanol–water partition coefficient (Wildman–Crippen LogP) is 5.11. The smallest absolute Gasteiger partial charge is 0.364 e. The van der Waals surface area contributed by atoms with Crippen molar-refractivity contribution in [2.75, 3.05) is 18.0 Å². The average molecular weight is 515 g/mol. The Labute approximate surface area is 214 Å². The molecule has 198 valence electrons. The summed E-state index contributed by atoms with van der Waals surface area (Å²) in [6.45, 7) is 7.76. The van der Waals surface area contributed by atoms with Crippen molar-refractivity contribution in [1.82, 2.24) is 19.2 Å². The van der Waals surface area contributed by atoms with Crippen molar-refractivity contribution in [3.8, 4) is 6.07 Å². The molecule has 0 N–H and O–H groups in total. The monoisotopic (exact) mass is 514 g/mol. The molecule has 10 heteroatoms. The molecule has 3 atom stereocenters. The molecule has 0 spiro atoms. The van der Waals surface area contributed by atoms with Crippen LogP contribution in [-0.4, -0.2) is 44.4 Å². The first-order chi connectivity index (χ1) is 17.6. The summed E-state index contributed by atoms with van der Waals surface area (Å²) in [6.07, 6.45) is -0.182. The molecule has 3 aromatic rings. The normalized spacial score (nSPS) is 19.8. The van der Waals surface area contributed by atoms with Gasteiger partial charge in [-0.25, -0.2) is 0 Å². The van der Waals surface area contributed by atoms with Gasteiger partial charge in [0.05, 0.1) is 29.0 Å². The number of anilines is 1. The summed E-state index contributed by atoms with van der Waals surface area (Å²) in [5.41, 5.74) is 2.24. The molecular formula is C27H33F3N6O. The third-order valence-electron chi connectivity index (χ3n) is 7.57. The van der Waals surface area contributed by atoms with Crippen LogP contribution < -0.4 is 10.5 Å². The summed E-state index contributed by atoms with van der Waals surface area (Å²) >= 11 is 0. The summed E-state index contributed by atoms with van der Waals surface area (Å²) < 4.78 is 42.5. The number of hydrogen-bond acceptors (Lipinski definition) is 5. The lowest BCUT2D eigenvalue weighted by Crippen LogP contribution is -2.59. The maximum Gasteiger partial charge on any atom is 0.416 e. The first-order valence-electron chi connectivity index (χ1n) is 12.8. The lowest BCUT2D eigenvalue weighted by molar-refractivity contribution is -0.137. The third-order valence-corrected chi connectivity index (χ3v) is 7.57. The Balaban J connectivity index is 1.70. The van der Waals surface area contributed by atoms with E-state index in [4.69, 9.17) is 5.26 Å². The number of nitriles is 1. The van der Waals surface area contributed by atoms with Crippen molar-refractivity contribution in [3.05, 3.63) is 58.0 Å². The Morgan fingerprint density at radius 1 is 1.11 bits per heavy atom. The Bertz CT molecular complexity index is 1340. The average Bonchev–Trinajstić information content (AvgIpc) is 3.30. The third kappa shape index (κ3) is 5.10. The van der Waals surface area contributed by atoms with Crippen molar-refractivity contribution < 1.29 is 13.2 Å². The molecule has 0 amide bonds. The molecule has 37 heavy (non-hydrogen) atoms. The fraction of sp³-hybridized carbons (Fsp3) is 0.519. The molecule has 0 radical (unpaired) electrons. The zero-order chi connectivity index (χ0) is 26.9. The van der Waals surface area contributed by atoms with Gasteiger partial charge in [-0.05, 0) is 37.0 Å². The second kappa shape index (κ2) is 10.6. The van der Waals surface area contributed by atoms with E-state index in [1.54, 1.807) is 40.7 Å². The minimum absolute atomic E-state index is 0.0121. The number of alkyl halides is 3. The highest BCUT2D eigenvalue weighted by molar-refractivity contribution is 5.88. The molecule has 0 bridgehead atoms. The largest absolute Gasteiger partial charge is 0.416 e.